The summed E-state index contributed by atoms with van der Waals surface area (Å²) in [6.45, 7) is 2.92. The van der Waals surface area contributed by atoms with Crippen molar-refractivity contribution < 1.29 is 23.1 Å². The summed E-state index contributed by atoms with van der Waals surface area (Å²) in [5, 5.41) is 6.77. The molecule has 3 aromatic rings. The number of furan rings is 1. The Morgan fingerprint density at radius 1 is 1.27 bits per heavy atom. The fourth-order valence-electron chi connectivity index (χ4n) is 2.14. The second kappa shape index (κ2) is 8.30. The first kappa shape index (κ1) is 17.7. The van der Waals surface area contributed by atoms with Crippen LogP contribution in [0.4, 0.5) is 10.1 Å². The zero-order valence-corrected chi connectivity index (χ0v) is 14.1. The molecule has 26 heavy (non-hydrogen) atoms. The molecule has 0 fully saturated rings. The Balaban J connectivity index is 1.54. The van der Waals surface area contributed by atoms with Crippen LogP contribution in [0.5, 0.6) is 5.75 Å². The second-order valence-electron chi connectivity index (χ2n) is 5.35. The van der Waals surface area contributed by atoms with Gasteiger partial charge in [0.15, 0.2) is 5.76 Å². The summed E-state index contributed by atoms with van der Waals surface area (Å²) in [6.07, 6.45) is 3.19. The van der Waals surface area contributed by atoms with Crippen LogP contribution in [0.15, 0.2) is 53.2 Å². The van der Waals surface area contributed by atoms with Gasteiger partial charge in [-0.1, -0.05) is 0 Å². The molecule has 136 valence electrons. The molecule has 0 radical (unpaired) electrons. The average Bonchev–Trinajstić information content (AvgIpc) is 3.29. The largest absolute Gasteiger partial charge is 0.486 e. The Hall–Kier alpha value is -3.13. The normalized spacial score (nSPS) is 10.7. The third-order valence-electron chi connectivity index (χ3n) is 3.40. The van der Waals surface area contributed by atoms with Crippen LogP contribution in [0.1, 0.15) is 23.2 Å². The molecule has 1 aromatic carbocycles. The van der Waals surface area contributed by atoms with E-state index in [1.807, 2.05) is 6.92 Å². The van der Waals surface area contributed by atoms with Gasteiger partial charge in [0.1, 0.15) is 30.7 Å². The molecule has 1 N–H and O–H groups in total. The van der Waals surface area contributed by atoms with E-state index in [1.54, 1.807) is 23.0 Å². The summed E-state index contributed by atoms with van der Waals surface area (Å²) in [7, 11) is 0. The SMILES string of the molecule is CCOCn1cc(NC(=O)c2ccc(COc3ccc(F)cc3)o2)cn1. The van der Waals surface area contributed by atoms with E-state index in [4.69, 9.17) is 13.9 Å². The summed E-state index contributed by atoms with van der Waals surface area (Å²) in [4.78, 5) is 12.2. The van der Waals surface area contributed by atoms with E-state index in [0.29, 0.717) is 30.5 Å². The van der Waals surface area contributed by atoms with Crippen molar-refractivity contribution in [1.29, 1.82) is 0 Å². The first-order valence-corrected chi connectivity index (χ1v) is 8.02. The van der Waals surface area contributed by atoms with Gasteiger partial charge in [0.2, 0.25) is 0 Å². The van der Waals surface area contributed by atoms with Crippen LogP contribution in [0, 0.1) is 5.82 Å². The van der Waals surface area contributed by atoms with E-state index in [9.17, 15) is 9.18 Å². The lowest BCUT2D eigenvalue weighted by molar-refractivity contribution is 0.0792. The fraction of sp³-hybridized carbons (Fsp3) is 0.222. The zero-order valence-electron chi connectivity index (χ0n) is 14.1. The second-order valence-corrected chi connectivity index (χ2v) is 5.35. The molecule has 0 saturated heterocycles. The summed E-state index contributed by atoms with van der Waals surface area (Å²) >= 11 is 0. The number of hydrogen-bond donors (Lipinski definition) is 1. The highest BCUT2D eigenvalue weighted by atomic mass is 19.1. The number of halogens is 1. The Labute approximate surface area is 149 Å². The molecule has 0 aliphatic rings. The minimum Gasteiger partial charge on any atom is -0.486 e. The lowest BCUT2D eigenvalue weighted by atomic mass is 10.3. The molecule has 0 saturated carbocycles. The van der Waals surface area contributed by atoms with Crippen LogP contribution in [0.3, 0.4) is 0 Å². The number of nitrogens with one attached hydrogen (secondary N) is 1. The Morgan fingerprint density at radius 2 is 2.08 bits per heavy atom. The summed E-state index contributed by atoms with van der Waals surface area (Å²) in [5.74, 6) is 0.412. The molecule has 7 nitrogen and oxygen atoms in total. The third kappa shape index (κ3) is 4.70. The smallest absolute Gasteiger partial charge is 0.291 e. The molecule has 0 aliphatic heterocycles. The van der Waals surface area contributed by atoms with Crippen molar-refractivity contribution >= 4 is 11.6 Å². The van der Waals surface area contributed by atoms with Gasteiger partial charge in [-0.15, -0.1) is 0 Å². The van der Waals surface area contributed by atoms with Gasteiger partial charge in [0, 0.05) is 6.61 Å². The lowest BCUT2D eigenvalue weighted by Gasteiger charge is -2.03. The van der Waals surface area contributed by atoms with Gasteiger partial charge in [0.05, 0.1) is 18.1 Å². The number of anilines is 1. The van der Waals surface area contributed by atoms with Crippen LogP contribution in [0.25, 0.3) is 0 Å². The molecular formula is C18H18FN3O4. The van der Waals surface area contributed by atoms with Crippen LogP contribution in [-0.4, -0.2) is 22.3 Å². The number of benzene rings is 1. The number of carbonyl (C=O) groups is 1. The molecule has 0 unspecified atom stereocenters. The average molecular weight is 359 g/mol. The highest BCUT2D eigenvalue weighted by Gasteiger charge is 2.13. The summed E-state index contributed by atoms with van der Waals surface area (Å²) in [6, 6.07) is 8.86. The van der Waals surface area contributed by atoms with Gasteiger partial charge in [-0.05, 0) is 43.3 Å². The number of carbonyl (C=O) groups excluding carboxylic acids is 1. The maximum atomic E-state index is 12.9. The van der Waals surface area contributed by atoms with E-state index < -0.39 is 5.91 Å². The van der Waals surface area contributed by atoms with Crippen molar-refractivity contribution in [2.24, 2.45) is 0 Å². The number of nitrogens with zero attached hydrogens (tertiary/aromatic N) is 2. The van der Waals surface area contributed by atoms with Gasteiger partial charge in [-0.3, -0.25) is 4.79 Å². The summed E-state index contributed by atoms with van der Waals surface area (Å²) in [5.41, 5.74) is 0.537. The first-order valence-electron chi connectivity index (χ1n) is 8.02. The Bertz CT molecular complexity index is 857. The lowest BCUT2D eigenvalue weighted by Crippen LogP contribution is -2.10. The minimum atomic E-state index is -0.394. The van der Waals surface area contributed by atoms with Gasteiger partial charge in [-0.25, -0.2) is 9.07 Å². The number of ether oxygens (including phenoxy) is 2. The quantitative estimate of drug-likeness (QED) is 0.666. The van der Waals surface area contributed by atoms with Crippen molar-refractivity contribution in [3.05, 3.63) is 66.1 Å². The number of rotatable bonds is 8. The number of amides is 1. The molecule has 0 bridgehead atoms. The van der Waals surface area contributed by atoms with Gasteiger partial charge >= 0.3 is 0 Å². The first-order chi connectivity index (χ1) is 12.6. The van der Waals surface area contributed by atoms with E-state index in [0.717, 1.165) is 0 Å². The highest BCUT2D eigenvalue weighted by Crippen LogP contribution is 2.16. The molecule has 0 atom stereocenters. The number of aromatic nitrogens is 2. The maximum absolute atomic E-state index is 12.9. The van der Waals surface area contributed by atoms with Gasteiger partial charge in [-0.2, -0.15) is 5.10 Å². The predicted octanol–water partition coefficient (Wildman–Crippen LogP) is 3.44. The Morgan fingerprint density at radius 3 is 2.85 bits per heavy atom. The number of hydrogen-bond acceptors (Lipinski definition) is 5. The van der Waals surface area contributed by atoms with Crippen LogP contribution in [0.2, 0.25) is 0 Å². The zero-order chi connectivity index (χ0) is 18.4. The third-order valence-corrected chi connectivity index (χ3v) is 3.40. The van der Waals surface area contributed by atoms with Gasteiger partial charge < -0.3 is 19.2 Å². The fourth-order valence-corrected chi connectivity index (χ4v) is 2.14. The highest BCUT2D eigenvalue weighted by molar-refractivity contribution is 6.02. The summed E-state index contributed by atoms with van der Waals surface area (Å²) < 4.78 is 30.6. The van der Waals surface area contributed by atoms with E-state index in [1.165, 1.54) is 30.5 Å². The standard InChI is InChI=1S/C18H18FN3O4/c1-2-24-12-22-10-14(9-20-22)21-18(23)17-8-7-16(26-17)11-25-15-5-3-13(19)4-6-15/h3-10H,2,11-12H2,1H3,(H,21,23). The monoisotopic (exact) mass is 359 g/mol. The van der Waals surface area contributed by atoms with Crippen LogP contribution in [-0.2, 0) is 18.1 Å². The molecule has 1 amide bonds. The maximum Gasteiger partial charge on any atom is 0.291 e. The van der Waals surface area contributed by atoms with Crippen LogP contribution < -0.4 is 10.1 Å². The van der Waals surface area contributed by atoms with E-state index in [2.05, 4.69) is 10.4 Å². The van der Waals surface area contributed by atoms with Crippen molar-refractivity contribution in [3.8, 4) is 5.75 Å². The minimum absolute atomic E-state index is 0.130. The predicted molar refractivity (Wildman–Crippen MR) is 91.2 cm³/mol. The van der Waals surface area contributed by atoms with E-state index in [-0.39, 0.29) is 18.2 Å². The van der Waals surface area contributed by atoms with Crippen molar-refractivity contribution in [3.63, 3.8) is 0 Å². The van der Waals surface area contributed by atoms with Crippen molar-refractivity contribution in [1.82, 2.24) is 9.78 Å². The topological polar surface area (TPSA) is 78.5 Å². The van der Waals surface area contributed by atoms with Crippen molar-refractivity contribution in [2.45, 2.75) is 20.3 Å². The molecule has 3 rings (SSSR count). The molecule has 8 heteroatoms. The van der Waals surface area contributed by atoms with Gasteiger partial charge in [0.25, 0.3) is 5.91 Å². The van der Waals surface area contributed by atoms with Crippen LogP contribution >= 0.6 is 0 Å². The van der Waals surface area contributed by atoms with E-state index >= 15 is 0 Å². The molecule has 2 heterocycles. The Kier molecular flexibility index (Phi) is 5.65. The molecule has 0 aliphatic carbocycles. The van der Waals surface area contributed by atoms with Crippen molar-refractivity contribution in [2.75, 3.05) is 11.9 Å². The molecule has 0 spiro atoms. The molecule has 2 aromatic heterocycles. The molecular weight excluding hydrogens is 341 g/mol.